The van der Waals surface area contributed by atoms with Crippen molar-refractivity contribution in [3.63, 3.8) is 0 Å². The molecule has 0 aromatic carbocycles. The van der Waals surface area contributed by atoms with Gasteiger partial charge in [0.2, 0.25) is 0 Å². The smallest absolute Gasteiger partial charge is 0.00948 e. The third-order valence-electron chi connectivity index (χ3n) is 1.92. The van der Waals surface area contributed by atoms with E-state index in [1.54, 1.807) is 0 Å². The van der Waals surface area contributed by atoms with E-state index in [0.717, 1.165) is 19.3 Å². The van der Waals surface area contributed by atoms with E-state index in [4.69, 9.17) is 0 Å². The molecule has 0 spiro atoms. The summed E-state index contributed by atoms with van der Waals surface area (Å²) in [6.07, 6.45) is 24.0. The Labute approximate surface area is 81.4 Å². The average Bonchev–Trinajstić information content (AvgIpc) is 2.18. The molecule has 0 atom stereocenters. The Bertz CT molecular complexity index is 192. The van der Waals surface area contributed by atoms with Crippen molar-refractivity contribution in [2.75, 3.05) is 0 Å². The lowest BCUT2D eigenvalue weighted by Crippen LogP contribution is -1.69. The van der Waals surface area contributed by atoms with Crippen LogP contribution in [0.4, 0.5) is 0 Å². The van der Waals surface area contributed by atoms with E-state index < -0.39 is 0 Å². The maximum absolute atomic E-state index is 3.25. The highest BCUT2D eigenvalue weighted by atomic mass is 13.9. The molecule has 0 saturated heterocycles. The molecule has 0 heterocycles. The van der Waals surface area contributed by atoms with Crippen LogP contribution < -0.4 is 0 Å². The summed E-state index contributed by atoms with van der Waals surface area (Å²) in [7, 11) is 0. The van der Waals surface area contributed by atoms with Crippen LogP contribution in [0.25, 0.3) is 0 Å². The van der Waals surface area contributed by atoms with Gasteiger partial charge in [0.1, 0.15) is 0 Å². The van der Waals surface area contributed by atoms with Gasteiger partial charge in [-0.15, -0.1) is 0 Å². The molecule has 1 aliphatic rings. The van der Waals surface area contributed by atoms with E-state index in [0.29, 0.717) is 0 Å². The first-order valence-corrected chi connectivity index (χ1v) is 5.02. The van der Waals surface area contributed by atoms with E-state index in [1.807, 2.05) is 0 Å². The Morgan fingerprint density at radius 3 is 2.77 bits per heavy atom. The zero-order valence-electron chi connectivity index (χ0n) is 8.08. The monoisotopic (exact) mass is 173 g/mol. The molecule has 69 valence electrons. The number of rotatable bonds is 0. The summed E-state index contributed by atoms with van der Waals surface area (Å²) in [5.74, 6) is 0. The van der Waals surface area contributed by atoms with Gasteiger partial charge in [0.15, 0.2) is 0 Å². The maximum Gasteiger partial charge on any atom is -0.00948 e. The first-order chi connectivity index (χ1) is 6.50. The Kier molecular flexibility index (Phi) is 5.87. The normalized spacial score (nSPS) is 19.1. The Morgan fingerprint density at radius 1 is 0.846 bits per heavy atom. The second-order valence-corrected chi connectivity index (χ2v) is 3.11. The van der Waals surface area contributed by atoms with E-state index in [9.17, 15) is 0 Å². The third-order valence-corrected chi connectivity index (χ3v) is 1.92. The van der Waals surface area contributed by atoms with Crippen molar-refractivity contribution in [3.05, 3.63) is 48.6 Å². The van der Waals surface area contributed by atoms with Crippen LogP contribution in [0.1, 0.15) is 32.1 Å². The lowest BCUT2D eigenvalue weighted by atomic mass is 10.2. The molecule has 0 nitrogen and oxygen atoms in total. The quantitative estimate of drug-likeness (QED) is 0.486. The van der Waals surface area contributed by atoms with Gasteiger partial charge in [0, 0.05) is 0 Å². The minimum Gasteiger partial charge on any atom is -0.0882 e. The minimum atomic E-state index is 0.942. The highest BCUT2D eigenvalue weighted by Crippen LogP contribution is 2.00. The van der Waals surface area contributed by atoms with Crippen molar-refractivity contribution in [2.45, 2.75) is 32.1 Å². The highest BCUT2D eigenvalue weighted by Gasteiger charge is 1.81. The number of hydrogen-bond donors (Lipinski definition) is 0. The Morgan fingerprint density at radius 2 is 1.77 bits per heavy atom. The summed E-state index contributed by atoms with van der Waals surface area (Å²) >= 11 is 0. The topological polar surface area (TPSA) is 0 Å². The van der Waals surface area contributed by atoms with Crippen LogP contribution >= 0.6 is 0 Å². The van der Waals surface area contributed by atoms with Crippen molar-refractivity contribution < 1.29 is 0 Å². The van der Waals surface area contributed by atoms with Crippen LogP contribution in [0.15, 0.2) is 42.5 Å². The van der Waals surface area contributed by atoms with Crippen LogP contribution in [0.5, 0.6) is 0 Å². The zero-order chi connectivity index (χ0) is 9.19. The molecule has 0 unspecified atom stereocenters. The van der Waals surface area contributed by atoms with Gasteiger partial charge in [-0.25, -0.2) is 0 Å². The Hall–Kier alpha value is -1.04. The molecule has 0 aliphatic heterocycles. The molecule has 0 amide bonds. The highest BCUT2D eigenvalue weighted by molar-refractivity contribution is 5.06. The second kappa shape index (κ2) is 7.60. The SMILES string of the molecule is [C]1=CCCCC=CCC=CC=CC1. The fraction of sp³-hybridized carbons (Fsp3) is 0.385. The van der Waals surface area contributed by atoms with E-state index in [1.165, 1.54) is 12.8 Å². The van der Waals surface area contributed by atoms with Gasteiger partial charge < -0.3 is 0 Å². The van der Waals surface area contributed by atoms with Crippen molar-refractivity contribution >= 4 is 0 Å². The summed E-state index contributed by atoms with van der Waals surface area (Å²) in [4.78, 5) is 0. The van der Waals surface area contributed by atoms with Gasteiger partial charge in [-0.05, 0) is 38.2 Å². The summed E-state index contributed by atoms with van der Waals surface area (Å²) in [6.45, 7) is 0. The number of hydrogen-bond acceptors (Lipinski definition) is 0. The van der Waals surface area contributed by atoms with Crippen LogP contribution in [-0.4, -0.2) is 0 Å². The minimum absolute atomic E-state index is 0.942. The van der Waals surface area contributed by atoms with Crippen molar-refractivity contribution in [2.24, 2.45) is 0 Å². The maximum atomic E-state index is 3.25. The van der Waals surface area contributed by atoms with Gasteiger partial charge in [-0.2, -0.15) is 0 Å². The molecule has 1 aliphatic carbocycles. The van der Waals surface area contributed by atoms with Crippen LogP contribution in [-0.2, 0) is 0 Å². The fourth-order valence-corrected chi connectivity index (χ4v) is 1.19. The first-order valence-electron chi connectivity index (χ1n) is 5.02. The predicted molar refractivity (Wildman–Crippen MR) is 58.3 cm³/mol. The van der Waals surface area contributed by atoms with Gasteiger partial charge in [0.05, 0.1) is 0 Å². The van der Waals surface area contributed by atoms with Crippen LogP contribution in [0.2, 0.25) is 0 Å². The molecule has 0 aromatic heterocycles. The molecular formula is C13H17. The molecule has 1 radical (unpaired) electrons. The predicted octanol–water partition coefficient (Wildman–Crippen LogP) is 3.98. The van der Waals surface area contributed by atoms with Crippen LogP contribution in [0.3, 0.4) is 0 Å². The Balaban J connectivity index is 2.38. The van der Waals surface area contributed by atoms with E-state index in [-0.39, 0.29) is 0 Å². The van der Waals surface area contributed by atoms with Gasteiger partial charge >= 0.3 is 0 Å². The van der Waals surface area contributed by atoms with E-state index >= 15 is 0 Å². The summed E-state index contributed by atoms with van der Waals surface area (Å²) in [5.41, 5.74) is 0. The summed E-state index contributed by atoms with van der Waals surface area (Å²) < 4.78 is 0. The zero-order valence-corrected chi connectivity index (χ0v) is 8.08. The second-order valence-electron chi connectivity index (χ2n) is 3.11. The lowest BCUT2D eigenvalue weighted by Gasteiger charge is -1.88. The summed E-state index contributed by atoms with van der Waals surface area (Å²) in [6, 6.07) is 0. The summed E-state index contributed by atoms with van der Waals surface area (Å²) in [5, 5.41) is 0. The van der Waals surface area contributed by atoms with Crippen LogP contribution in [0, 0.1) is 6.08 Å². The van der Waals surface area contributed by atoms with Crippen molar-refractivity contribution in [3.8, 4) is 0 Å². The molecule has 1 rings (SSSR count). The van der Waals surface area contributed by atoms with Gasteiger partial charge in [-0.1, -0.05) is 42.5 Å². The molecule has 0 aromatic rings. The molecule has 0 saturated carbocycles. The van der Waals surface area contributed by atoms with E-state index in [2.05, 4.69) is 48.6 Å². The van der Waals surface area contributed by atoms with Crippen molar-refractivity contribution in [1.82, 2.24) is 0 Å². The molecule has 0 bridgehead atoms. The number of allylic oxidation sites excluding steroid dienone is 8. The lowest BCUT2D eigenvalue weighted by molar-refractivity contribution is 0.862. The molecule has 0 heteroatoms. The molecular weight excluding hydrogens is 156 g/mol. The van der Waals surface area contributed by atoms with Gasteiger partial charge in [-0.3, -0.25) is 0 Å². The van der Waals surface area contributed by atoms with Crippen molar-refractivity contribution in [1.29, 1.82) is 0 Å². The largest absolute Gasteiger partial charge is 0.0882 e. The third kappa shape index (κ3) is 6.15. The molecule has 13 heavy (non-hydrogen) atoms. The average molecular weight is 173 g/mol. The molecule has 0 N–H and O–H groups in total. The standard InChI is InChI=1S/C13H17/c1-2-4-6-8-10-12-13-11-9-7-5-3-1/h1-4,7,9-10H,5-6,11-13H2. The van der Waals surface area contributed by atoms with Gasteiger partial charge in [0.25, 0.3) is 0 Å². The molecule has 0 fully saturated rings. The first kappa shape index (κ1) is 10.0. The fourth-order valence-electron chi connectivity index (χ4n) is 1.19.